The smallest absolute Gasteiger partial charge is 0.157 e. The van der Waals surface area contributed by atoms with E-state index < -0.39 is 6.10 Å². The van der Waals surface area contributed by atoms with Crippen molar-refractivity contribution in [2.24, 2.45) is 0 Å². The number of aromatic nitrogens is 3. The summed E-state index contributed by atoms with van der Waals surface area (Å²) < 4.78 is 0. The molecular formula is C13H17N3O. The van der Waals surface area contributed by atoms with E-state index in [4.69, 9.17) is 0 Å². The minimum Gasteiger partial charge on any atom is -0.380 e. The number of aliphatic hydroxyl groups excluding tert-OH is 1. The van der Waals surface area contributed by atoms with Crippen LogP contribution >= 0.6 is 0 Å². The van der Waals surface area contributed by atoms with E-state index in [9.17, 15) is 5.11 Å². The van der Waals surface area contributed by atoms with Crippen LogP contribution in [0.5, 0.6) is 0 Å². The molecular weight excluding hydrogens is 214 g/mol. The Hall–Kier alpha value is -1.68. The van der Waals surface area contributed by atoms with Crippen molar-refractivity contribution in [3.05, 3.63) is 47.5 Å². The lowest BCUT2D eigenvalue weighted by Crippen LogP contribution is -2.11. The number of aromatic amines is 1. The van der Waals surface area contributed by atoms with E-state index >= 15 is 0 Å². The van der Waals surface area contributed by atoms with Gasteiger partial charge in [-0.1, -0.05) is 45.0 Å². The highest BCUT2D eigenvalue weighted by atomic mass is 16.3. The van der Waals surface area contributed by atoms with Crippen molar-refractivity contribution in [3.63, 3.8) is 0 Å². The van der Waals surface area contributed by atoms with Gasteiger partial charge in [0.2, 0.25) is 0 Å². The van der Waals surface area contributed by atoms with Crippen molar-refractivity contribution in [1.82, 2.24) is 15.2 Å². The first-order valence-corrected chi connectivity index (χ1v) is 5.62. The summed E-state index contributed by atoms with van der Waals surface area (Å²) in [6.45, 7) is 6.48. The van der Waals surface area contributed by atoms with E-state index in [0.717, 1.165) is 5.56 Å². The van der Waals surface area contributed by atoms with E-state index in [-0.39, 0.29) is 5.41 Å². The quantitative estimate of drug-likeness (QED) is 0.832. The van der Waals surface area contributed by atoms with Gasteiger partial charge in [-0.25, -0.2) is 4.98 Å². The lowest BCUT2D eigenvalue weighted by molar-refractivity contribution is 0.210. The molecule has 0 saturated carbocycles. The van der Waals surface area contributed by atoms with Crippen LogP contribution in [0.1, 0.15) is 43.8 Å². The highest BCUT2D eigenvalue weighted by Crippen LogP contribution is 2.25. The fraction of sp³-hybridized carbons (Fsp3) is 0.385. The molecule has 4 nitrogen and oxygen atoms in total. The topological polar surface area (TPSA) is 61.8 Å². The minimum atomic E-state index is -0.744. The molecule has 1 atom stereocenters. The molecule has 0 bridgehead atoms. The zero-order valence-electron chi connectivity index (χ0n) is 10.3. The molecule has 0 spiro atoms. The number of rotatable bonds is 2. The van der Waals surface area contributed by atoms with Crippen LogP contribution in [0, 0.1) is 0 Å². The van der Waals surface area contributed by atoms with Crippen LogP contribution < -0.4 is 0 Å². The second-order valence-corrected chi connectivity index (χ2v) is 5.15. The van der Waals surface area contributed by atoms with Gasteiger partial charge in [0.05, 0.1) is 0 Å². The molecule has 1 aromatic heterocycles. The molecule has 17 heavy (non-hydrogen) atoms. The highest BCUT2D eigenvalue weighted by Gasteiger charge is 2.16. The van der Waals surface area contributed by atoms with Gasteiger partial charge in [-0.15, -0.1) is 0 Å². The van der Waals surface area contributed by atoms with Gasteiger partial charge in [0.15, 0.2) is 5.82 Å². The van der Waals surface area contributed by atoms with Crippen molar-refractivity contribution >= 4 is 0 Å². The Kier molecular flexibility index (Phi) is 2.98. The van der Waals surface area contributed by atoms with Crippen LogP contribution in [0.25, 0.3) is 0 Å². The molecule has 0 aliphatic carbocycles. The second kappa shape index (κ2) is 4.30. The van der Waals surface area contributed by atoms with Crippen LogP contribution in [0.2, 0.25) is 0 Å². The second-order valence-electron chi connectivity index (χ2n) is 5.15. The first-order chi connectivity index (χ1) is 7.98. The number of hydrogen-bond donors (Lipinski definition) is 2. The Morgan fingerprint density at radius 3 is 2.29 bits per heavy atom. The normalized spacial score (nSPS) is 13.6. The van der Waals surface area contributed by atoms with Crippen LogP contribution in [-0.2, 0) is 5.41 Å². The summed E-state index contributed by atoms with van der Waals surface area (Å²) in [6, 6.07) is 7.92. The largest absolute Gasteiger partial charge is 0.380 e. The SMILES string of the molecule is CC(C)(C)c1ccc(C(O)c2ncn[nH]2)cc1. The number of nitrogens with one attached hydrogen (secondary N) is 1. The monoisotopic (exact) mass is 231 g/mol. The Labute approximate surface area is 101 Å². The number of nitrogens with zero attached hydrogens (tertiary/aromatic N) is 2. The number of hydrogen-bond acceptors (Lipinski definition) is 3. The van der Waals surface area contributed by atoms with Crippen LogP contribution in [0.4, 0.5) is 0 Å². The van der Waals surface area contributed by atoms with Gasteiger partial charge < -0.3 is 5.11 Å². The maximum absolute atomic E-state index is 10.0. The predicted octanol–water partition coefficient (Wildman–Crippen LogP) is 2.18. The van der Waals surface area contributed by atoms with Crippen LogP contribution in [0.15, 0.2) is 30.6 Å². The van der Waals surface area contributed by atoms with E-state index in [1.54, 1.807) is 0 Å². The Bertz CT molecular complexity index is 468. The minimum absolute atomic E-state index is 0.121. The summed E-state index contributed by atoms with van der Waals surface area (Å²) in [7, 11) is 0. The molecule has 2 aromatic rings. The first kappa shape index (κ1) is 11.8. The van der Waals surface area contributed by atoms with Gasteiger partial charge >= 0.3 is 0 Å². The van der Waals surface area contributed by atoms with Crippen molar-refractivity contribution in [2.75, 3.05) is 0 Å². The van der Waals surface area contributed by atoms with E-state index in [0.29, 0.717) is 5.82 Å². The van der Waals surface area contributed by atoms with Gasteiger partial charge in [0.25, 0.3) is 0 Å². The summed E-state index contributed by atoms with van der Waals surface area (Å²) in [5.41, 5.74) is 2.18. The average Bonchev–Trinajstić information content (AvgIpc) is 2.80. The molecule has 1 unspecified atom stereocenters. The van der Waals surface area contributed by atoms with E-state index in [2.05, 4.69) is 36.0 Å². The summed E-state index contributed by atoms with van der Waals surface area (Å²) in [6.07, 6.45) is 0.647. The Morgan fingerprint density at radius 2 is 1.82 bits per heavy atom. The molecule has 1 heterocycles. The van der Waals surface area contributed by atoms with Gasteiger partial charge in [-0.2, -0.15) is 5.10 Å². The molecule has 90 valence electrons. The van der Waals surface area contributed by atoms with Gasteiger partial charge in [-0.3, -0.25) is 5.10 Å². The molecule has 1 aromatic carbocycles. The molecule has 0 amide bonds. The van der Waals surface area contributed by atoms with Crippen molar-refractivity contribution in [1.29, 1.82) is 0 Å². The Balaban J connectivity index is 2.24. The third kappa shape index (κ3) is 2.53. The zero-order chi connectivity index (χ0) is 12.5. The molecule has 0 fully saturated rings. The molecule has 2 N–H and O–H groups in total. The van der Waals surface area contributed by atoms with Crippen LogP contribution in [0.3, 0.4) is 0 Å². The van der Waals surface area contributed by atoms with E-state index in [1.807, 2.05) is 24.3 Å². The first-order valence-electron chi connectivity index (χ1n) is 5.62. The lowest BCUT2D eigenvalue weighted by atomic mass is 9.86. The van der Waals surface area contributed by atoms with Crippen LogP contribution in [-0.4, -0.2) is 20.3 Å². The Morgan fingerprint density at radius 1 is 1.18 bits per heavy atom. The average molecular weight is 231 g/mol. The molecule has 0 radical (unpaired) electrons. The number of H-pyrrole nitrogens is 1. The number of benzene rings is 1. The number of aliphatic hydroxyl groups is 1. The summed E-state index contributed by atoms with van der Waals surface area (Å²) >= 11 is 0. The van der Waals surface area contributed by atoms with Crippen molar-refractivity contribution < 1.29 is 5.11 Å². The van der Waals surface area contributed by atoms with Crippen molar-refractivity contribution in [2.45, 2.75) is 32.3 Å². The predicted molar refractivity (Wildman–Crippen MR) is 65.6 cm³/mol. The van der Waals surface area contributed by atoms with Gasteiger partial charge in [0, 0.05) is 0 Å². The fourth-order valence-electron chi connectivity index (χ4n) is 1.67. The molecule has 2 rings (SSSR count). The standard InChI is InChI=1S/C13H17N3O/c1-13(2,3)10-6-4-9(5-7-10)11(17)12-14-8-15-16-12/h4-8,11,17H,1-3H3,(H,14,15,16). The maximum Gasteiger partial charge on any atom is 0.157 e. The zero-order valence-corrected chi connectivity index (χ0v) is 10.3. The maximum atomic E-state index is 10.0. The molecule has 4 heteroatoms. The summed E-state index contributed by atoms with van der Waals surface area (Å²) in [4.78, 5) is 3.95. The van der Waals surface area contributed by atoms with E-state index in [1.165, 1.54) is 11.9 Å². The third-order valence-corrected chi connectivity index (χ3v) is 2.79. The highest BCUT2D eigenvalue weighted by molar-refractivity contribution is 5.30. The molecule has 0 aliphatic heterocycles. The van der Waals surface area contributed by atoms with Gasteiger partial charge in [-0.05, 0) is 16.5 Å². The fourth-order valence-corrected chi connectivity index (χ4v) is 1.67. The molecule has 0 saturated heterocycles. The summed E-state index contributed by atoms with van der Waals surface area (Å²) in [5.74, 6) is 0.466. The van der Waals surface area contributed by atoms with Gasteiger partial charge in [0.1, 0.15) is 12.4 Å². The molecule has 0 aliphatic rings. The van der Waals surface area contributed by atoms with Crippen molar-refractivity contribution in [3.8, 4) is 0 Å². The summed E-state index contributed by atoms with van der Waals surface area (Å²) in [5, 5.41) is 16.4. The third-order valence-electron chi connectivity index (χ3n) is 2.79. The lowest BCUT2D eigenvalue weighted by Gasteiger charge is -2.19.